The molecule has 1 unspecified atom stereocenters. The van der Waals surface area contributed by atoms with Crippen LogP contribution < -0.4 is 10.2 Å². The van der Waals surface area contributed by atoms with Gasteiger partial charge in [0.2, 0.25) is 16.9 Å². The Hall–Kier alpha value is -2.42. The number of nitrogens with one attached hydrogen (secondary N) is 1. The van der Waals surface area contributed by atoms with Gasteiger partial charge in [-0.05, 0) is 24.1 Å². The summed E-state index contributed by atoms with van der Waals surface area (Å²) in [5, 5.41) is 8.87. The molecule has 2 aromatic rings. The highest BCUT2D eigenvalue weighted by molar-refractivity contribution is 7.15. The van der Waals surface area contributed by atoms with Crippen LogP contribution in [0.5, 0.6) is 0 Å². The van der Waals surface area contributed by atoms with Crippen molar-refractivity contribution in [1.29, 1.82) is 0 Å². The maximum Gasteiger partial charge on any atom is 0.291 e. The van der Waals surface area contributed by atoms with Gasteiger partial charge in [-0.3, -0.25) is 9.59 Å². The summed E-state index contributed by atoms with van der Waals surface area (Å²) in [5.41, 5.74) is 1.91. The quantitative estimate of drug-likeness (QED) is 0.883. The predicted octanol–water partition coefficient (Wildman–Crippen LogP) is 3.03. The van der Waals surface area contributed by atoms with Crippen molar-refractivity contribution in [1.82, 2.24) is 10.2 Å². The van der Waals surface area contributed by atoms with E-state index in [0.717, 1.165) is 17.7 Å². The van der Waals surface area contributed by atoms with E-state index in [1.54, 1.807) is 4.90 Å². The minimum atomic E-state index is -2.72. The summed E-state index contributed by atoms with van der Waals surface area (Å²) >= 11 is 0.627. The number of halogens is 2. The number of hydrogen-bond acceptors (Lipinski definition) is 5. The van der Waals surface area contributed by atoms with E-state index in [9.17, 15) is 18.4 Å². The van der Waals surface area contributed by atoms with Crippen LogP contribution in [-0.4, -0.2) is 28.6 Å². The molecule has 1 aromatic heterocycles. The molecule has 2 heterocycles. The third-order valence-corrected chi connectivity index (χ3v) is 4.86. The van der Waals surface area contributed by atoms with Crippen molar-refractivity contribution in [2.75, 3.05) is 16.8 Å². The third kappa shape index (κ3) is 3.81. The molecule has 1 fully saturated rings. The van der Waals surface area contributed by atoms with Gasteiger partial charge < -0.3 is 10.2 Å². The number of nitrogens with zero attached hydrogens (tertiary/aromatic N) is 3. The van der Waals surface area contributed by atoms with Gasteiger partial charge in [-0.2, -0.15) is 0 Å². The van der Waals surface area contributed by atoms with Crippen LogP contribution in [0.25, 0.3) is 0 Å². The molecule has 1 atom stereocenters. The highest BCUT2D eigenvalue weighted by Gasteiger charge is 2.35. The van der Waals surface area contributed by atoms with Crippen molar-refractivity contribution in [3.05, 3.63) is 34.8 Å². The average molecular weight is 366 g/mol. The van der Waals surface area contributed by atoms with Crippen molar-refractivity contribution in [2.24, 2.45) is 5.92 Å². The number of alkyl halides is 2. The Morgan fingerprint density at radius 1 is 1.36 bits per heavy atom. The Labute approximate surface area is 146 Å². The Bertz CT molecular complexity index is 779. The van der Waals surface area contributed by atoms with E-state index in [0.29, 0.717) is 11.3 Å². The van der Waals surface area contributed by atoms with E-state index in [-0.39, 0.29) is 24.0 Å². The van der Waals surface area contributed by atoms with Crippen molar-refractivity contribution < 1.29 is 18.4 Å². The van der Waals surface area contributed by atoms with Gasteiger partial charge in [-0.1, -0.05) is 30.4 Å². The second-order valence-electron chi connectivity index (χ2n) is 5.66. The highest BCUT2D eigenvalue weighted by atomic mass is 32.1. The Kier molecular flexibility index (Phi) is 5.03. The zero-order valence-electron chi connectivity index (χ0n) is 13.4. The molecule has 2 amide bonds. The van der Waals surface area contributed by atoms with Crippen LogP contribution in [0.3, 0.4) is 0 Å². The molecule has 1 saturated heterocycles. The largest absolute Gasteiger partial charge is 0.312 e. The van der Waals surface area contributed by atoms with Gasteiger partial charge >= 0.3 is 0 Å². The van der Waals surface area contributed by atoms with Gasteiger partial charge in [0, 0.05) is 18.7 Å². The lowest BCUT2D eigenvalue weighted by Gasteiger charge is -2.16. The van der Waals surface area contributed by atoms with Gasteiger partial charge in [0.15, 0.2) is 5.01 Å². The van der Waals surface area contributed by atoms with Gasteiger partial charge in [-0.15, -0.1) is 10.2 Å². The molecule has 1 aromatic carbocycles. The molecule has 1 N–H and O–H groups in total. The van der Waals surface area contributed by atoms with E-state index in [4.69, 9.17) is 0 Å². The summed E-state index contributed by atoms with van der Waals surface area (Å²) in [6.45, 7) is 2.29. The standard InChI is InChI=1S/C16H16F2N4O2S/c1-2-9-3-5-11(6-4-9)22-8-10(7-12(22)23)14(24)19-16-21-20-15(25-16)13(17)18/h3-6,10,13H,2,7-8H2,1H3,(H,19,21,24). The zero-order chi connectivity index (χ0) is 18.0. The van der Waals surface area contributed by atoms with Crippen LogP contribution in [0.2, 0.25) is 0 Å². The monoisotopic (exact) mass is 366 g/mol. The smallest absolute Gasteiger partial charge is 0.291 e. The fraction of sp³-hybridized carbons (Fsp3) is 0.375. The molecule has 0 radical (unpaired) electrons. The van der Waals surface area contributed by atoms with Gasteiger partial charge in [-0.25, -0.2) is 8.78 Å². The maximum absolute atomic E-state index is 12.5. The SMILES string of the molecule is CCc1ccc(N2CC(C(=O)Nc3nnc(C(F)F)s3)CC2=O)cc1. The fourth-order valence-corrected chi connectivity index (χ4v) is 3.23. The second kappa shape index (κ2) is 7.22. The molecule has 3 rings (SSSR count). The topological polar surface area (TPSA) is 75.2 Å². The second-order valence-corrected chi connectivity index (χ2v) is 6.67. The van der Waals surface area contributed by atoms with E-state index in [1.807, 2.05) is 31.2 Å². The zero-order valence-corrected chi connectivity index (χ0v) is 14.2. The van der Waals surface area contributed by atoms with Crippen molar-refractivity contribution in [3.63, 3.8) is 0 Å². The summed E-state index contributed by atoms with van der Waals surface area (Å²) in [4.78, 5) is 26.1. The fourth-order valence-electron chi connectivity index (χ4n) is 2.63. The van der Waals surface area contributed by atoms with Crippen molar-refractivity contribution in [3.8, 4) is 0 Å². The summed E-state index contributed by atoms with van der Waals surface area (Å²) in [7, 11) is 0. The number of amides is 2. The molecule has 0 spiro atoms. The molecule has 0 saturated carbocycles. The molecule has 6 nitrogen and oxygen atoms in total. The number of benzene rings is 1. The lowest BCUT2D eigenvalue weighted by molar-refractivity contribution is -0.122. The molecule has 9 heteroatoms. The number of carbonyl (C=O) groups excluding carboxylic acids is 2. The van der Waals surface area contributed by atoms with Crippen molar-refractivity contribution >= 4 is 34.0 Å². The minimum absolute atomic E-state index is 0.0125. The first kappa shape index (κ1) is 17.4. The molecule has 25 heavy (non-hydrogen) atoms. The van der Waals surface area contributed by atoms with Crippen LogP contribution in [0.4, 0.5) is 19.6 Å². The van der Waals surface area contributed by atoms with Crippen molar-refractivity contribution in [2.45, 2.75) is 26.2 Å². The maximum atomic E-state index is 12.5. The number of aryl methyl sites for hydroxylation is 1. The predicted molar refractivity (Wildman–Crippen MR) is 89.8 cm³/mol. The summed E-state index contributed by atoms with van der Waals surface area (Å²) in [6.07, 6.45) is -1.75. The first-order chi connectivity index (χ1) is 12.0. The molecule has 1 aliphatic heterocycles. The highest BCUT2D eigenvalue weighted by Crippen LogP contribution is 2.28. The van der Waals surface area contributed by atoms with Crippen LogP contribution >= 0.6 is 11.3 Å². The number of carbonyl (C=O) groups is 2. The van der Waals surface area contributed by atoms with E-state index < -0.39 is 23.3 Å². The Morgan fingerprint density at radius 2 is 2.08 bits per heavy atom. The number of rotatable bonds is 5. The molecular formula is C16H16F2N4O2S. The Morgan fingerprint density at radius 3 is 2.68 bits per heavy atom. The lowest BCUT2D eigenvalue weighted by atomic mass is 10.1. The summed E-state index contributed by atoms with van der Waals surface area (Å²) < 4.78 is 25.0. The first-order valence-corrected chi connectivity index (χ1v) is 8.61. The number of aromatic nitrogens is 2. The normalized spacial score (nSPS) is 17.4. The van der Waals surface area contributed by atoms with Crippen LogP contribution in [0, 0.1) is 5.92 Å². The Balaban J connectivity index is 1.65. The molecule has 0 aliphatic carbocycles. The third-order valence-electron chi connectivity index (χ3n) is 4.01. The number of hydrogen-bond donors (Lipinski definition) is 1. The number of anilines is 2. The summed E-state index contributed by atoms with van der Waals surface area (Å²) in [5.74, 6) is -1.12. The average Bonchev–Trinajstić information content (AvgIpc) is 3.22. The molecular weight excluding hydrogens is 350 g/mol. The van der Waals surface area contributed by atoms with Gasteiger partial charge in [0.1, 0.15) is 0 Å². The van der Waals surface area contributed by atoms with E-state index >= 15 is 0 Å². The summed E-state index contributed by atoms with van der Waals surface area (Å²) in [6, 6.07) is 7.61. The molecule has 0 bridgehead atoms. The van der Waals surface area contributed by atoms with Gasteiger partial charge in [0.25, 0.3) is 6.43 Å². The van der Waals surface area contributed by atoms with E-state index in [1.165, 1.54) is 0 Å². The minimum Gasteiger partial charge on any atom is -0.312 e. The van der Waals surface area contributed by atoms with Crippen LogP contribution in [0.15, 0.2) is 24.3 Å². The van der Waals surface area contributed by atoms with Gasteiger partial charge in [0.05, 0.1) is 5.92 Å². The lowest BCUT2D eigenvalue weighted by Crippen LogP contribution is -2.28. The van der Waals surface area contributed by atoms with Crippen LogP contribution in [0.1, 0.15) is 30.3 Å². The van der Waals surface area contributed by atoms with Crippen LogP contribution in [-0.2, 0) is 16.0 Å². The molecule has 1 aliphatic rings. The molecule has 132 valence electrons. The van der Waals surface area contributed by atoms with E-state index in [2.05, 4.69) is 15.5 Å². The first-order valence-electron chi connectivity index (χ1n) is 7.79.